The summed E-state index contributed by atoms with van der Waals surface area (Å²) < 4.78 is 0. The number of Topliss-reactive ketones (excluding diaryl/α,β-unsaturated/α-hetero) is 1. The molecule has 0 saturated carbocycles. The summed E-state index contributed by atoms with van der Waals surface area (Å²) in [5.74, 6) is 0.0573. The van der Waals surface area contributed by atoms with Crippen LogP contribution in [0.1, 0.15) is 21.5 Å². The molecule has 21 heavy (non-hydrogen) atoms. The summed E-state index contributed by atoms with van der Waals surface area (Å²) in [6, 6.07) is 17.1. The quantitative estimate of drug-likeness (QED) is 0.637. The Morgan fingerprint density at radius 1 is 1.05 bits per heavy atom. The number of fused-ring (bicyclic) bond motifs is 1. The Morgan fingerprint density at radius 3 is 2.43 bits per heavy atom. The topological polar surface area (TPSA) is 37.4 Å². The van der Waals surface area contributed by atoms with E-state index in [4.69, 9.17) is 0 Å². The minimum absolute atomic E-state index is 0.0573. The Labute approximate surface area is 124 Å². The van der Waals surface area contributed by atoms with Crippen LogP contribution in [0, 0.1) is 0 Å². The molecular weight excluding hydrogens is 262 g/mol. The molecule has 1 aliphatic rings. The van der Waals surface area contributed by atoms with Crippen molar-refractivity contribution in [2.24, 2.45) is 0 Å². The molecule has 1 aliphatic heterocycles. The first-order chi connectivity index (χ1) is 10.3. The van der Waals surface area contributed by atoms with Gasteiger partial charge in [-0.1, -0.05) is 54.6 Å². The van der Waals surface area contributed by atoms with E-state index >= 15 is 0 Å². The van der Waals surface area contributed by atoms with Gasteiger partial charge in [-0.05, 0) is 17.5 Å². The second-order valence-corrected chi connectivity index (χ2v) is 5.37. The van der Waals surface area contributed by atoms with Crippen LogP contribution in [0.5, 0.6) is 0 Å². The molecule has 0 fully saturated rings. The van der Waals surface area contributed by atoms with Crippen molar-refractivity contribution in [2.75, 3.05) is 6.54 Å². The normalized spacial score (nSPS) is 18.0. The van der Waals surface area contributed by atoms with E-state index in [1.54, 1.807) is 0 Å². The van der Waals surface area contributed by atoms with Crippen LogP contribution in [0.4, 0.5) is 0 Å². The Bertz CT molecular complexity index is 651. The van der Waals surface area contributed by atoms with Crippen LogP contribution in [-0.2, 0) is 17.8 Å². The fraction of sp³-hybridized carbons (Fsp3) is 0.222. The lowest BCUT2D eigenvalue weighted by Gasteiger charge is -2.33. The second kappa shape index (κ2) is 6.02. The molecule has 1 atom stereocenters. The predicted octanol–water partition coefficient (Wildman–Crippen LogP) is 2.50. The van der Waals surface area contributed by atoms with Gasteiger partial charge >= 0.3 is 0 Å². The third-order valence-corrected chi connectivity index (χ3v) is 3.99. The first-order valence-electron chi connectivity index (χ1n) is 7.12. The molecule has 0 bridgehead atoms. The SMILES string of the molecule is O=CC1Cc2ccccc2CN1CC(=O)c1ccccc1. The molecule has 3 heteroatoms. The third-order valence-electron chi connectivity index (χ3n) is 3.99. The van der Waals surface area contributed by atoms with Gasteiger partial charge in [0.05, 0.1) is 12.6 Å². The summed E-state index contributed by atoms with van der Waals surface area (Å²) in [4.78, 5) is 25.6. The maximum absolute atomic E-state index is 12.3. The van der Waals surface area contributed by atoms with Crippen molar-refractivity contribution >= 4 is 12.1 Å². The van der Waals surface area contributed by atoms with Crippen LogP contribution in [0.15, 0.2) is 54.6 Å². The lowest BCUT2D eigenvalue weighted by atomic mass is 9.94. The zero-order chi connectivity index (χ0) is 14.7. The van der Waals surface area contributed by atoms with E-state index < -0.39 is 0 Å². The van der Waals surface area contributed by atoms with Gasteiger partial charge in [-0.25, -0.2) is 0 Å². The molecule has 0 N–H and O–H groups in total. The van der Waals surface area contributed by atoms with Crippen LogP contribution in [0.3, 0.4) is 0 Å². The molecule has 0 amide bonds. The van der Waals surface area contributed by atoms with Gasteiger partial charge in [0, 0.05) is 12.1 Å². The standard InChI is InChI=1S/C18H17NO2/c20-13-17-10-15-8-4-5-9-16(15)11-19(17)12-18(21)14-6-2-1-3-7-14/h1-9,13,17H,10-12H2. The summed E-state index contributed by atoms with van der Waals surface area (Å²) in [7, 11) is 0. The maximum Gasteiger partial charge on any atom is 0.176 e. The van der Waals surface area contributed by atoms with E-state index in [-0.39, 0.29) is 18.4 Å². The highest BCUT2D eigenvalue weighted by molar-refractivity contribution is 5.97. The number of carbonyl (C=O) groups excluding carboxylic acids is 2. The van der Waals surface area contributed by atoms with Gasteiger partial charge in [0.25, 0.3) is 0 Å². The lowest BCUT2D eigenvalue weighted by Crippen LogP contribution is -2.44. The van der Waals surface area contributed by atoms with Gasteiger partial charge < -0.3 is 4.79 Å². The van der Waals surface area contributed by atoms with Crippen molar-refractivity contribution in [1.82, 2.24) is 4.90 Å². The predicted molar refractivity (Wildman–Crippen MR) is 81.2 cm³/mol. The fourth-order valence-electron chi connectivity index (χ4n) is 2.81. The summed E-state index contributed by atoms with van der Waals surface area (Å²) in [5, 5.41) is 0. The molecule has 1 heterocycles. The molecule has 1 unspecified atom stereocenters. The average molecular weight is 279 g/mol. The van der Waals surface area contributed by atoms with Gasteiger partial charge in [-0.3, -0.25) is 9.69 Å². The van der Waals surface area contributed by atoms with Gasteiger partial charge in [0.2, 0.25) is 0 Å². The first-order valence-corrected chi connectivity index (χ1v) is 7.12. The summed E-state index contributed by atoms with van der Waals surface area (Å²) >= 11 is 0. The van der Waals surface area contributed by atoms with Gasteiger partial charge in [0.15, 0.2) is 5.78 Å². The largest absolute Gasteiger partial charge is 0.302 e. The van der Waals surface area contributed by atoms with Gasteiger partial charge in [-0.2, -0.15) is 0 Å². The van der Waals surface area contributed by atoms with Gasteiger partial charge in [0.1, 0.15) is 6.29 Å². The van der Waals surface area contributed by atoms with Crippen molar-refractivity contribution in [3.8, 4) is 0 Å². The Balaban J connectivity index is 1.79. The van der Waals surface area contributed by atoms with Gasteiger partial charge in [-0.15, -0.1) is 0 Å². The molecule has 106 valence electrons. The molecule has 0 aliphatic carbocycles. The Morgan fingerprint density at radius 2 is 1.71 bits per heavy atom. The monoisotopic (exact) mass is 279 g/mol. The van der Waals surface area contributed by atoms with Crippen molar-refractivity contribution in [3.05, 3.63) is 71.3 Å². The zero-order valence-corrected chi connectivity index (χ0v) is 11.7. The number of benzene rings is 2. The van der Waals surface area contributed by atoms with E-state index in [0.29, 0.717) is 18.5 Å². The van der Waals surface area contributed by atoms with Crippen LogP contribution in [-0.4, -0.2) is 29.6 Å². The number of ketones is 1. The molecule has 3 nitrogen and oxygen atoms in total. The number of aldehydes is 1. The van der Waals surface area contributed by atoms with Crippen molar-refractivity contribution in [2.45, 2.75) is 19.0 Å². The van der Waals surface area contributed by atoms with Crippen molar-refractivity contribution < 1.29 is 9.59 Å². The van der Waals surface area contributed by atoms with E-state index in [9.17, 15) is 9.59 Å². The smallest absolute Gasteiger partial charge is 0.176 e. The number of hydrogen-bond donors (Lipinski definition) is 0. The van der Waals surface area contributed by atoms with E-state index in [1.165, 1.54) is 11.1 Å². The molecule has 3 rings (SSSR count). The maximum atomic E-state index is 12.3. The van der Waals surface area contributed by atoms with Crippen LogP contribution >= 0.6 is 0 Å². The molecule has 0 saturated heterocycles. The zero-order valence-electron chi connectivity index (χ0n) is 11.7. The minimum Gasteiger partial charge on any atom is -0.302 e. The Kier molecular flexibility index (Phi) is 3.93. The van der Waals surface area contributed by atoms with E-state index in [2.05, 4.69) is 12.1 Å². The number of rotatable bonds is 4. The average Bonchev–Trinajstić information content (AvgIpc) is 2.55. The number of nitrogens with zero attached hydrogens (tertiary/aromatic N) is 1. The third kappa shape index (κ3) is 2.93. The Hall–Kier alpha value is -2.26. The highest BCUT2D eigenvalue weighted by atomic mass is 16.1. The molecular formula is C18H17NO2. The first kappa shape index (κ1) is 13.7. The number of carbonyl (C=O) groups is 2. The summed E-state index contributed by atoms with van der Waals surface area (Å²) in [6.07, 6.45) is 1.63. The van der Waals surface area contributed by atoms with Crippen molar-refractivity contribution in [1.29, 1.82) is 0 Å². The summed E-state index contributed by atoms with van der Waals surface area (Å²) in [5.41, 5.74) is 3.11. The summed E-state index contributed by atoms with van der Waals surface area (Å²) in [6.45, 7) is 0.930. The van der Waals surface area contributed by atoms with E-state index in [0.717, 1.165) is 6.29 Å². The van der Waals surface area contributed by atoms with E-state index in [1.807, 2.05) is 47.4 Å². The highest BCUT2D eigenvalue weighted by Crippen LogP contribution is 2.22. The molecule has 2 aromatic rings. The molecule has 0 aromatic heterocycles. The molecule has 2 aromatic carbocycles. The fourth-order valence-corrected chi connectivity index (χ4v) is 2.81. The second-order valence-electron chi connectivity index (χ2n) is 5.37. The lowest BCUT2D eigenvalue weighted by molar-refractivity contribution is -0.112. The molecule has 0 radical (unpaired) electrons. The van der Waals surface area contributed by atoms with Crippen LogP contribution in [0.25, 0.3) is 0 Å². The highest BCUT2D eigenvalue weighted by Gasteiger charge is 2.27. The molecule has 0 spiro atoms. The van der Waals surface area contributed by atoms with Crippen LogP contribution in [0.2, 0.25) is 0 Å². The van der Waals surface area contributed by atoms with Crippen molar-refractivity contribution in [3.63, 3.8) is 0 Å². The van der Waals surface area contributed by atoms with Crippen LogP contribution < -0.4 is 0 Å². The minimum atomic E-state index is -0.215. The number of hydrogen-bond acceptors (Lipinski definition) is 3.